The molecule has 3 fully saturated rings. The van der Waals surface area contributed by atoms with Crippen LogP contribution < -0.4 is 0 Å². The van der Waals surface area contributed by atoms with Crippen molar-refractivity contribution in [3.05, 3.63) is 0 Å². The van der Waals surface area contributed by atoms with E-state index in [9.17, 15) is 9.59 Å². The molecule has 17 heavy (non-hydrogen) atoms. The number of amides is 2. The van der Waals surface area contributed by atoms with Crippen molar-refractivity contribution < 1.29 is 14.3 Å². The van der Waals surface area contributed by atoms with Crippen LogP contribution in [0.25, 0.3) is 0 Å². The molecule has 0 aromatic carbocycles. The molecule has 0 spiro atoms. The van der Waals surface area contributed by atoms with Gasteiger partial charge in [-0.15, -0.1) is 0 Å². The standard InChI is InChI=1S/C11H16N2O3S/c14-10-7-17-11(15)13(10)5-9-4-12-3-1-2-8(12)6-16-9/h8-9H,1-7H2/t8-,9-/m0/s1. The Morgan fingerprint density at radius 2 is 2.29 bits per heavy atom. The summed E-state index contributed by atoms with van der Waals surface area (Å²) in [5, 5.41) is -0.123. The highest BCUT2D eigenvalue weighted by molar-refractivity contribution is 8.14. The third kappa shape index (κ3) is 2.21. The second kappa shape index (κ2) is 4.59. The first-order chi connectivity index (χ1) is 8.24. The van der Waals surface area contributed by atoms with Crippen molar-refractivity contribution in [2.75, 3.05) is 32.0 Å². The molecular formula is C11H16N2O3S. The zero-order valence-electron chi connectivity index (χ0n) is 9.63. The van der Waals surface area contributed by atoms with Gasteiger partial charge in [-0.25, -0.2) is 0 Å². The zero-order valence-corrected chi connectivity index (χ0v) is 10.4. The zero-order chi connectivity index (χ0) is 11.8. The number of hydrogen-bond donors (Lipinski definition) is 0. The average Bonchev–Trinajstić information content (AvgIpc) is 2.90. The largest absolute Gasteiger partial charge is 0.373 e. The Hall–Kier alpha value is -0.590. The molecule has 5 nitrogen and oxygen atoms in total. The highest BCUT2D eigenvalue weighted by Gasteiger charge is 2.37. The third-order valence-corrected chi connectivity index (χ3v) is 4.55. The first-order valence-electron chi connectivity index (χ1n) is 6.07. The first kappa shape index (κ1) is 11.5. The molecule has 0 N–H and O–H groups in total. The Balaban J connectivity index is 1.59. The Morgan fingerprint density at radius 1 is 1.41 bits per heavy atom. The van der Waals surface area contributed by atoms with Crippen molar-refractivity contribution in [2.45, 2.75) is 25.0 Å². The van der Waals surface area contributed by atoms with Crippen LogP contribution >= 0.6 is 11.8 Å². The van der Waals surface area contributed by atoms with Crippen LogP contribution in [0.1, 0.15) is 12.8 Å². The van der Waals surface area contributed by atoms with Crippen molar-refractivity contribution >= 4 is 22.9 Å². The molecule has 2 atom stereocenters. The Kier molecular flexibility index (Phi) is 3.10. The molecule has 0 radical (unpaired) electrons. The maximum Gasteiger partial charge on any atom is 0.288 e. The van der Waals surface area contributed by atoms with Crippen LogP contribution in [0.5, 0.6) is 0 Å². The fraction of sp³-hybridized carbons (Fsp3) is 0.818. The molecule has 0 aliphatic carbocycles. The van der Waals surface area contributed by atoms with Gasteiger partial charge in [0.25, 0.3) is 5.24 Å². The van der Waals surface area contributed by atoms with Crippen LogP contribution in [-0.4, -0.2) is 65.1 Å². The number of morpholine rings is 1. The van der Waals surface area contributed by atoms with Gasteiger partial charge in [-0.05, 0) is 19.4 Å². The van der Waals surface area contributed by atoms with Crippen molar-refractivity contribution in [3.8, 4) is 0 Å². The van der Waals surface area contributed by atoms with Crippen LogP contribution in [0.3, 0.4) is 0 Å². The van der Waals surface area contributed by atoms with Gasteiger partial charge >= 0.3 is 0 Å². The molecule has 94 valence electrons. The van der Waals surface area contributed by atoms with Crippen LogP contribution in [-0.2, 0) is 9.53 Å². The summed E-state index contributed by atoms with van der Waals surface area (Å²) in [6, 6.07) is 0.561. The molecule has 3 heterocycles. The molecule has 2 amide bonds. The number of hydrogen-bond acceptors (Lipinski definition) is 5. The molecule has 0 unspecified atom stereocenters. The van der Waals surface area contributed by atoms with Gasteiger partial charge in [0, 0.05) is 12.6 Å². The van der Waals surface area contributed by atoms with E-state index in [2.05, 4.69) is 4.90 Å². The van der Waals surface area contributed by atoms with Gasteiger partial charge < -0.3 is 4.74 Å². The lowest BCUT2D eigenvalue weighted by molar-refractivity contribution is -0.127. The second-order valence-corrected chi connectivity index (χ2v) is 5.73. The van der Waals surface area contributed by atoms with E-state index in [1.807, 2.05) is 0 Å². The Bertz CT molecular complexity index is 334. The summed E-state index contributed by atoms with van der Waals surface area (Å²) < 4.78 is 5.75. The minimum Gasteiger partial charge on any atom is -0.373 e. The van der Waals surface area contributed by atoms with Crippen molar-refractivity contribution in [1.29, 1.82) is 0 Å². The fourth-order valence-electron chi connectivity index (χ4n) is 2.76. The number of carbonyl (C=O) groups is 2. The molecule has 3 aliphatic heterocycles. The van der Waals surface area contributed by atoms with Gasteiger partial charge in [-0.2, -0.15) is 0 Å². The average molecular weight is 256 g/mol. The molecule has 0 bridgehead atoms. The fourth-order valence-corrected chi connectivity index (χ4v) is 3.49. The summed E-state index contributed by atoms with van der Waals surface area (Å²) in [5.41, 5.74) is 0. The Morgan fingerprint density at radius 3 is 3.06 bits per heavy atom. The summed E-state index contributed by atoms with van der Waals surface area (Å²) in [7, 11) is 0. The van der Waals surface area contributed by atoms with Gasteiger partial charge in [0.2, 0.25) is 5.91 Å². The van der Waals surface area contributed by atoms with E-state index in [4.69, 9.17) is 4.74 Å². The van der Waals surface area contributed by atoms with Crippen molar-refractivity contribution in [3.63, 3.8) is 0 Å². The van der Waals surface area contributed by atoms with Crippen LogP contribution in [0, 0.1) is 0 Å². The summed E-state index contributed by atoms with van der Waals surface area (Å²) in [6.45, 7) is 3.15. The number of ether oxygens (including phenoxy) is 1. The highest BCUT2D eigenvalue weighted by Crippen LogP contribution is 2.25. The van der Waals surface area contributed by atoms with E-state index in [-0.39, 0.29) is 23.0 Å². The van der Waals surface area contributed by atoms with Crippen molar-refractivity contribution in [1.82, 2.24) is 9.80 Å². The van der Waals surface area contributed by atoms with E-state index < -0.39 is 0 Å². The SMILES string of the molecule is O=C1CSC(=O)N1C[C@@H]1CN2CCC[C@H]2CO1. The molecule has 0 aromatic rings. The molecule has 0 aromatic heterocycles. The van der Waals surface area contributed by atoms with E-state index in [1.165, 1.54) is 17.7 Å². The predicted molar refractivity (Wildman–Crippen MR) is 63.9 cm³/mol. The molecule has 3 saturated heterocycles. The van der Waals surface area contributed by atoms with Gasteiger partial charge in [0.15, 0.2) is 0 Å². The number of imide groups is 1. The number of fused-ring (bicyclic) bond motifs is 1. The number of rotatable bonds is 2. The molecule has 0 saturated carbocycles. The van der Waals surface area contributed by atoms with Crippen LogP contribution in [0.2, 0.25) is 0 Å². The van der Waals surface area contributed by atoms with E-state index in [0.717, 1.165) is 31.5 Å². The lowest BCUT2D eigenvalue weighted by Crippen LogP contribution is -2.50. The number of nitrogens with zero attached hydrogens (tertiary/aromatic N) is 2. The predicted octanol–water partition coefficient (Wildman–Crippen LogP) is 0.545. The molecule has 3 aliphatic rings. The minimum absolute atomic E-state index is 0.00375. The van der Waals surface area contributed by atoms with E-state index in [0.29, 0.717) is 12.6 Å². The smallest absolute Gasteiger partial charge is 0.288 e. The topological polar surface area (TPSA) is 49.9 Å². The third-order valence-electron chi connectivity index (χ3n) is 3.69. The molecular weight excluding hydrogens is 240 g/mol. The first-order valence-corrected chi connectivity index (χ1v) is 7.05. The van der Waals surface area contributed by atoms with E-state index in [1.54, 1.807) is 0 Å². The van der Waals surface area contributed by atoms with Gasteiger partial charge in [-0.3, -0.25) is 19.4 Å². The van der Waals surface area contributed by atoms with Gasteiger partial charge in [-0.1, -0.05) is 11.8 Å². The highest BCUT2D eigenvalue weighted by atomic mass is 32.2. The second-order valence-electron chi connectivity index (χ2n) is 4.81. The van der Waals surface area contributed by atoms with Gasteiger partial charge in [0.05, 0.1) is 25.0 Å². The quantitative estimate of drug-likeness (QED) is 0.722. The van der Waals surface area contributed by atoms with Crippen LogP contribution in [0.15, 0.2) is 0 Å². The van der Waals surface area contributed by atoms with Crippen molar-refractivity contribution in [2.24, 2.45) is 0 Å². The summed E-state index contributed by atoms with van der Waals surface area (Å²) in [6.07, 6.45) is 2.44. The summed E-state index contributed by atoms with van der Waals surface area (Å²) in [4.78, 5) is 26.7. The summed E-state index contributed by atoms with van der Waals surface area (Å²) in [5.74, 6) is 0.213. The lowest BCUT2D eigenvalue weighted by atomic mass is 10.2. The Labute approximate surface area is 104 Å². The normalized spacial score (nSPS) is 34.5. The molecule has 3 rings (SSSR count). The maximum atomic E-state index is 11.5. The number of carbonyl (C=O) groups excluding carboxylic acids is 2. The monoisotopic (exact) mass is 256 g/mol. The maximum absolute atomic E-state index is 11.5. The van der Waals surface area contributed by atoms with Crippen LogP contribution in [0.4, 0.5) is 4.79 Å². The lowest BCUT2D eigenvalue weighted by Gasteiger charge is -2.36. The number of thioether (sulfide) groups is 1. The van der Waals surface area contributed by atoms with Gasteiger partial charge in [0.1, 0.15) is 0 Å². The molecule has 6 heteroatoms. The minimum atomic E-state index is -0.123. The van der Waals surface area contributed by atoms with E-state index >= 15 is 0 Å². The summed E-state index contributed by atoms with van der Waals surface area (Å²) >= 11 is 1.09.